The van der Waals surface area contributed by atoms with E-state index in [1.807, 2.05) is 27.7 Å². The first kappa shape index (κ1) is 28.3. The molecule has 2 amide bonds. The first-order valence-electron chi connectivity index (χ1n) is 13.2. The number of halogens is 2. The Labute approximate surface area is 227 Å². The number of ether oxygens (including phenoxy) is 1. The zero-order valence-electron chi connectivity index (χ0n) is 23.1. The molecule has 2 heterocycles. The number of hydrogen-bond donors (Lipinski definition) is 2. The number of nitrogens with one attached hydrogen (secondary N) is 1. The van der Waals surface area contributed by atoms with Crippen LogP contribution in [-0.2, 0) is 6.61 Å². The minimum Gasteiger partial charge on any atom is -0.485 e. The quantitative estimate of drug-likeness (QED) is 0.381. The monoisotopic (exact) mass is 542 g/mol. The van der Waals surface area contributed by atoms with Gasteiger partial charge in [0.1, 0.15) is 23.9 Å². The van der Waals surface area contributed by atoms with Gasteiger partial charge < -0.3 is 15.2 Å². The van der Waals surface area contributed by atoms with Gasteiger partial charge in [0, 0.05) is 18.3 Å². The van der Waals surface area contributed by atoms with Crippen molar-refractivity contribution in [2.24, 2.45) is 0 Å². The number of nitrogens with zero attached hydrogens (tertiary/aromatic N) is 3. The fourth-order valence-corrected chi connectivity index (χ4v) is 5.78. The number of fused-ring (bicyclic) bond motifs is 1. The fourth-order valence-electron chi connectivity index (χ4n) is 5.78. The lowest BCUT2D eigenvalue weighted by atomic mass is 9.78. The fraction of sp³-hybridized carbons (Fsp3) is 0.483. The molecule has 2 aromatic heterocycles. The summed E-state index contributed by atoms with van der Waals surface area (Å²) in [4.78, 5) is 32.0. The van der Waals surface area contributed by atoms with E-state index in [2.05, 4.69) is 10.3 Å². The van der Waals surface area contributed by atoms with Gasteiger partial charge in [0.05, 0.1) is 16.8 Å². The van der Waals surface area contributed by atoms with Crippen molar-refractivity contribution in [3.05, 3.63) is 64.6 Å². The molecule has 1 aliphatic rings. The minimum atomic E-state index is -1.01. The second kappa shape index (κ2) is 10.8. The molecule has 4 rings (SSSR count). The van der Waals surface area contributed by atoms with E-state index < -0.39 is 28.8 Å². The second-order valence-electron chi connectivity index (χ2n) is 11.4. The Hall–Kier alpha value is -3.69. The summed E-state index contributed by atoms with van der Waals surface area (Å²) in [6, 6.07) is 5.32. The van der Waals surface area contributed by atoms with E-state index in [1.54, 1.807) is 23.6 Å². The van der Waals surface area contributed by atoms with Crippen LogP contribution in [0.2, 0.25) is 0 Å². The van der Waals surface area contributed by atoms with Crippen LogP contribution in [0.5, 0.6) is 5.75 Å². The van der Waals surface area contributed by atoms with E-state index in [9.17, 15) is 23.5 Å². The molecule has 0 radical (unpaired) electrons. The van der Waals surface area contributed by atoms with Crippen LogP contribution in [0.3, 0.4) is 0 Å². The largest absolute Gasteiger partial charge is 0.485 e. The summed E-state index contributed by atoms with van der Waals surface area (Å²) < 4.78 is 35.7. The molecular weight excluding hydrogens is 506 g/mol. The van der Waals surface area contributed by atoms with Crippen molar-refractivity contribution in [3.8, 4) is 5.75 Å². The summed E-state index contributed by atoms with van der Waals surface area (Å²) in [6.45, 7) is 8.95. The number of carbonyl (C=O) groups excluding carboxylic acids is 1. The zero-order valence-corrected chi connectivity index (χ0v) is 23.1. The van der Waals surface area contributed by atoms with Gasteiger partial charge in [0.2, 0.25) is 0 Å². The summed E-state index contributed by atoms with van der Waals surface area (Å²) in [5.41, 5.74) is 0.274. The smallest absolute Gasteiger partial charge is 0.408 e. The van der Waals surface area contributed by atoms with Gasteiger partial charge in [-0.25, -0.2) is 18.6 Å². The van der Waals surface area contributed by atoms with Crippen LogP contribution in [0.25, 0.3) is 5.65 Å². The molecule has 39 heavy (non-hydrogen) atoms. The van der Waals surface area contributed by atoms with Crippen molar-refractivity contribution in [1.29, 1.82) is 0 Å². The van der Waals surface area contributed by atoms with Crippen molar-refractivity contribution >= 4 is 17.6 Å². The highest BCUT2D eigenvalue weighted by molar-refractivity contribution is 5.95. The van der Waals surface area contributed by atoms with Crippen LogP contribution in [0, 0.1) is 25.5 Å². The van der Waals surface area contributed by atoms with Crippen molar-refractivity contribution in [1.82, 2.24) is 19.6 Å². The number of rotatable bonds is 7. The van der Waals surface area contributed by atoms with Crippen LogP contribution in [0.15, 0.2) is 30.5 Å². The van der Waals surface area contributed by atoms with Crippen molar-refractivity contribution in [2.45, 2.75) is 84.4 Å². The van der Waals surface area contributed by atoms with Gasteiger partial charge in [-0.2, -0.15) is 0 Å². The molecule has 1 saturated carbocycles. The van der Waals surface area contributed by atoms with Gasteiger partial charge in [-0.05, 0) is 71.2 Å². The summed E-state index contributed by atoms with van der Waals surface area (Å²) in [5.74, 6) is -1.52. The Morgan fingerprint density at radius 2 is 1.79 bits per heavy atom. The highest BCUT2D eigenvalue weighted by Gasteiger charge is 2.46. The number of hydrogen-bond acceptors (Lipinski definition) is 4. The van der Waals surface area contributed by atoms with E-state index in [1.165, 1.54) is 23.1 Å². The van der Waals surface area contributed by atoms with E-state index in [4.69, 9.17) is 4.74 Å². The zero-order chi connectivity index (χ0) is 28.5. The molecule has 1 fully saturated rings. The Bertz CT molecular complexity index is 1370. The number of aromatic nitrogens is 2. The molecule has 2 N–H and O–H groups in total. The number of aryl methyl sites for hydroxylation is 2. The molecular formula is C29H36F2N4O4. The maximum Gasteiger partial charge on any atom is 0.408 e. The predicted molar refractivity (Wildman–Crippen MR) is 143 cm³/mol. The normalized spacial score (nSPS) is 15.3. The van der Waals surface area contributed by atoms with Crippen LogP contribution in [0.1, 0.15) is 80.2 Å². The molecule has 1 aromatic carbocycles. The number of carboxylic acid groups (broad SMARTS) is 1. The van der Waals surface area contributed by atoms with E-state index in [0.717, 1.165) is 24.8 Å². The van der Waals surface area contributed by atoms with Crippen LogP contribution >= 0.6 is 0 Å². The summed E-state index contributed by atoms with van der Waals surface area (Å²) in [6.07, 6.45) is 4.85. The van der Waals surface area contributed by atoms with E-state index in [0.29, 0.717) is 29.9 Å². The molecule has 8 nitrogen and oxygen atoms in total. The molecule has 0 unspecified atom stereocenters. The topological polar surface area (TPSA) is 96.2 Å². The third-order valence-corrected chi connectivity index (χ3v) is 7.34. The first-order valence-corrected chi connectivity index (χ1v) is 13.2. The highest BCUT2D eigenvalue weighted by atomic mass is 19.1. The molecule has 10 heteroatoms. The Kier molecular flexibility index (Phi) is 7.86. The van der Waals surface area contributed by atoms with Crippen molar-refractivity contribution in [3.63, 3.8) is 0 Å². The molecule has 0 bridgehead atoms. The highest BCUT2D eigenvalue weighted by Crippen LogP contribution is 2.38. The van der Waals surface area contributed by atoms with Crippen molar-refractivity contribution < 1.29 is 28.2 Å². The molecule has 210 valence electrons. The Morgan fingerprint density at radius 3 is 2.38 bits per heavy atom. The van der Waals surface area contributed by atoms with Gasteiger partial charge >= 0.3 is 6.09 Å². The maximum absolute atomic E-state index is 14.1. The number of imidazole rings is 1. The lowest BCUT2D eigenvalue weighted by Gasteiger charge is -2.51. The van der Waals surface area contributed by atoms with Crippen LogP contribution in [0.4, 0.5) is 13.6 Å². The standard InChI is InChI=1S/C29H36F2N4O4/c1-18-14-23(39-16-20-21(30)10-9-11-22(20)31)25-33-19(2)24(34(25)15-18)26(36)32-17-29(12-7-6-8-13-29)35(27(37)38)28(3,4)5/h9-11,14-15H,6-8,12-13,16-17H2,1-5H3,(H,32,36)(H,37,38). The lowest BCUT2D eigenvalue weighted by molar-refractivity contribution is -0.00472. The average molecular weight is 543 g/mol. The maximum atomic E-state index is 14.1. The Morgan fingerprint density at radius 1 is 1.15 bits per heavy atom. The minimum absolute atomic E-state index is 0.170. The molecule has 1 aliphatic carbocycles. The lowest BCUT2D eigenvalue weighted by Crippen LogP contribution is -2.64. The number of pyridine rings is 1. The molecule has 0 atom stereocenters. The molecule has 0 saturated heterocycles. The summed E-state index contributed by atoms with van der Waals surface area (Å²) in [7, 11) is 0. The van der Waals surface area contributed by atoms with Gasteiger partial charge in [-0.1, -0.05) is 25.3 Å². The van der Waals surface area contributed by atoms with Gasteiger partial charge in [-0.3, -0.25) is 14.1 Å². The molecule has 0 aliphatic heterocycles. The van der Waals surface area contributed by atoms with Gasteiger partial charge in [0.15, 0.2) is 11.4 Å². The van der Waals surface area contributed by atoms with E-state index >= 15 is 0 Å². The number of amides is 2. The van der Waals surface area contributed by atoms with Gasteiger partial charge in [0.25, 0.3) is 5.91 Å². The summed E-state index contributed by atoms with van der Waals surface area (Å²) >= 11 is 0. The Balaban J connectivity index is 1.63. The number of carbonyl (C=O) groups is 2. The first-order chi connectivity index (χ1) is 18.3. The van der Waals surface area contributed by atoms with Crippen LogP contribution < -0.4 is 10.1 Å². The van der Waals surface area contributed by atoms with Gasteiger partial charge in [-0.15, -0.1) is 0 Å². The predicted octanol–water partition coefficient (Wildman–Crippen LogP) is 6.02. The SMILES string of the molecule is Cc1cc(OCc2c(F)cccc2F)c2nc(C)c(C(=O)NCC3(N(C(=O)O)C(C)(C)C)CCCCC3)n2c1. The van der Waals surface area contributed by atoms with Crippen LogP contribution in [-0.4, -0.2) is 49.0 Å². The average Bonchev–Trinajstić information content (AvgIpc) is 3.17. The van der Waals surface area contributed by atoms with E-state index in [-0.39, 0.29) is 30.4 Å². The third-order valence-electron chi connectivity index (χ3n) is 7.34. The molecule has 3 aromatic rings. The molecule has 0 spiro atoms. The summed E-state index contributed by atoms with van der Waals surface area (Å²) in [5, 5.41) is 13.1. The third kappa shape index (κ3) is 5.69. The van der Waals surface area contributed by atoms with Crippen molar-refractivity contribution in [2.75, 3.05) is 6.54 Å². The second-order valence-corrected chi connectivity index (χ2v) is 11.4. The number of benzene rings is 1.